The summed E-state index contributed by atoms with van der Waals surface area (Å²) >= 11 is 0. The molecule has 43 heavy (non-hydrogen) atoms. The first-order chi connectivity index (χ1) is 20.3. The van der Waals surface area contributed by atoms with Crippen molar-refractivity contribution in [2.75, 3.05) is 6.61 Å². The van der Waals surface area contributed by atoms with Gasteiger partial charge < -0.3 is 64.9 Å². The van der Waals surface area contributed by atoms with Crippen LogP contribution in [0.15, 0.2) is 42.5 Å². The molecule has 3 aromatic rings. The summed E-state index contributed by atoms with van der Waals surface area (Å²) in [6, 6.07) is 7.56. The average molecular weight is 603 g/mol. The fraction of sp³-hybridized carbons (Fsp3) is 0.286. The number of aromatic hydroxyl groups is 6. The summed E-state index contributed by atoms with van der Waals surface area (Å²) < 4.78 is 22.0. The Morgan fingerprint density at radius 3 is 2.12 bits per heavy atom. The van der Waals surface area contributed by atoms with Crippen LogP contribution >= 0.6 is 0 Å². The van der Waals surface area contributed by atoms with Crippen molar-refractivity contribution in [3.8, 4) is 46.0 Å². The quantitative estimate of drug-likeness (QED) is 0.139. The average Bonchev–Trinajstić information content (AvgIpc) is 2.94. The van der Waals surface area contributed by atoms with Crippen LogP contribution in [0.25, 0.3) is 0 Å². The number of benzene rings is 3. The Hall–Kier alpha value is -4.96. The Bertz CT molecular complexity index is 1530. The van der Waals surface area contributed by atoms with Gasteiger partial charge in [0.2, 0.25) is 6.29 Å². The molecule has 2 aliphatic heterocycles. The van der Waals surface area contributed by atoms with Gasteiger partial charge in [0.15, 0.2) is 23.0 Å². The van der Waals surface area contributed by atoms with Gasteiger partial charge in [-0.3, -0.25) is 4.79 Å². The zero-order chi connectivity index (χ0) is 31.2. The van der Waals surface area contributed by atoms with Gasteiger partial charge in [-0.2, -0.15) is 0 Å². The molecule has 3 aromatic carbocycles. The van der Waals surface area contributed by atoms with Gasteiger partial charge >= 0.3 is 5.97 Å². The lowest BCUT2D eigenvalue weighted by molar-refractivity contribution is -0.277. The number of hydrogen-bond donors (Lipinski definition) is 9. The molecule has 15 heteroatoms. The van der Waals surface area contributed by atoms with Gasteiger partial charge in [0.05, 0.1) is 12.0 Å². The molecule has 9 N–H and O–H groups in total. The highest BCUT2D eigenvalue weighted by Crippen LogP contribution is 2.43. The van der Waals surface area contributed by atoms with Gasteiger partial charge in [0.1, 0.15) is 71.4 Å². The molecular weight excluding hydrogens is 576 g/mol. The van der Waals surface area contributed by atoms with E-state index in [0.29, 0.717) is 0 Å². The molecule has 0 aromatic heterocycles. The topological polar surface area (TPSA) is 253 Å². The fourth-order valence-electron chi connectivity index (χ4n) is 4.72. The summed E-state index contributed by atoms with van der Waals surface area (Å²) in [5, 5.41) is 90.0. The number of ketones is 1. The minimum Gasteiger partial charge on any atom is -0.508 e. The maximum absolute atomic E-state index is 12.8. The molecule has 2 aliphatic rings. The van der Waals surface area contributed by atoms with Crippen molar-refractivity contribution < 1.29 is 74.5 Å². The number of ether oxygens (including phenoxy) is 4. The predicted molar refractivity (Wildman–Crippen MR) is 139 cm³/mol. The van der Waals surface area contributed by atoms with Crippen molar-refractivity contribution in [2.24, 2.45) is 0 Å². The van der Waals surface area contributed by atoms with Crippen LogP contribution in [-0.2, 0) is 9.47 Å². The highest BCUT2D eigenvalue weighted by atomic mass is 16.7. The summed E-state index contributed by atoms with van der Waals surface area (Å²) in [7, 11) is 0. The van der Waals surface area contributed by atoms with Crippen molar-refractivity contribution in [3.63, 3.8) is 0 Å². The number of esters is 1. The second kappa shape index (κ2) is 11.4. The van der Waals surface area contributed by atoms with E-state index in [1.807, 2.05) is 0 Å². The number of rotatable bonds is 6. The largest absolute Gasteiger partial charge is 0.508 e. The SMILES string of the molecule is O=C(OCC1OC(Oc2cc(O)c3c(c2)OC(c2cc(O)cc(O)c2)CC3=O)C(O)C(O)C1O)c1cc(O)c(O)c(O)c1. The highest BCUT2D eigenvalue weighted by Gasteiger charge is 2.46. The molecular formula is C28H26O15. The molecule has 1 fully saturated rings. The Labute approximate surface area is 241 Å². The third-order valence-electron chi connectivity index (χ3n) is 6.88. The molecule has 0 amide bonds. The van der Waals surface area contributed by atoms with Gasteiger partial charge in [-0.15, -0.1) is 0 Å². The molecule has 0 aliphatic carbocycles. The van der Waals surface area contributed by atoms with Crippen molar-refractivity contribution in [3.05, 3.63) is 59.2 Å². The second-order valence-electron chi connectivity index (χ2n) is 9.93. The highest BCUT2D eigenvalue weighted by molar-refractivity contribution is 6.02. The third kappa shape index (κ3) is 5.87. The molecule has 2 heterocycles. The summed E-state index contributed by atoms with van der Waals surface area (Å²) in [4.78, 5) is 25.2. The van der Waals surface area contributed by atoms with Crippen molar-refractivity contribution in [1.82, 2.24) is 0 Å². The lowest BCUT2D eigenvalue weighted by atomic mass is 9.95. The predicted octanol–water partition coefficient (Wildman–Crippen LogP) is 0.670. The fourth-order valence-corrected chi connectivity index (χ4v) is 4.72. The third-order valence-corrected chi connectivity index (χ3v) is 6.88. The Morgan fingerprint density at radius 1 is 0.814 bits per heavy atom. The molecule has 5 rings (SSSR count). The van der Waals surface area contributed by atoms with E-state index in [0.717, 1.165) is 24.3 Å². The summed E-state index contributed by atoms with van der Waals surface area (Å²) in [6.07, 6.45) is -9.77. The van der Waals surface area contributed by atoms with E-state index in [9.17, 15) is 55.5 Å². The van der Waals surface area contributed by atoms with E-state index in [2.05, 4.69) is 0 Å². The smallest absolute Gasteiger partial charge is 0.338 e. The molecule has 15 nitrogen and oxygen atoms in total. The van der Waals surface area contributed by atoms with E-state index in [1.165, 1.54) is 18.2 Å². The van der Waals surface area contributed by atoms with Gasteiger partial charge in [0.25, 0.3) is 0 Å². The number of phenolic OH excluding ortho intramolecular Hbond substituents is 6. The van der Waals surface area contributed by atoms with Crippen LogP contribution in [0.4, 0.5) is 0 Å². The first kappa shape index (κ1) is 29.5. The minimum atomic E-state index is -1.85. The lowest BCUT2D eigenvalue weighted by Crippen LogP contribution is -2.60. The number of Topliss-reactive ketones (excluding diaryl/α,β-unsaturated/α-hetero) is 1. The van der Waals surface area contributed by atoms with Crippen LogP contribution in [0.5, 0.6) is 46.0 Å². The number of carbonyl (C=O) groups excluding carboxylic acids is 2. The number of hydrogen-bond acceptors (Lipinski definition) is 15. The number of aliphatic hydroxyl groups excluding tert-OH is 3. The monoisotopic (exact) mass is 602 g/mol. The standard InChI is InChI=1S/C28H26O15/c29-12-1-10(2-13(30)5-12)19-8-16(32)22-15(31)6-14(7-20(22)42-19)41-28-26(38)25(37)24(36)21(43-28)9-40-27(39)11-3-17(33)23(35)18(34)4-11/h1-7,19,21,24-26,28-31,33-38H,8-9H2. The number of fused-ring (bicyclic) bond motifs is 1. The first-order valence-corrected chi connectivity index (χ1v) is 12.7. The van der Waals surface area contributed by atoms with Crippen LogP contribution in [-0.4, -0.2) is 95.0 Å². The Morgan fingerprint density at radius 2 is 1.47 bits per heavy atom. The molecule has 6 atom stereocenters. The molecule has 228 valence electrons. The molecule has 0 saturated carbocycles. The minimum absolute atomic E-state index is 0.129. The van der Waals surface area contributed by atoms with E-state index in [1.54, 1.807) is 0 Å². The van der Waals surface area contributed by atoms with Crippen LogP contribution in [0.2, 0.25) is 0 Å². The maximum Gasteiger partial charge on any atom is 0.338 e. The molecule has 0 spiro atoms. The maximum atomic E-state index is 12.8. The van der Waals surface area contributed by atoms with Crippen molar-refractivity contribution >= 4 is 11.8 Å². The number of carbonyl (C=O) groups is 2. The van der Waals surface area contributed by atoms with Gasteiger partial charge in [0, 0.05) is 23.8 Å². The van der Waals surface area contributed by atoms with Gasteiger partial charge in [-0.1, -0.05) is 0 Å². The summed E-state index contributed by atoms with van der Waals surface area (Å²) in [5.41, 5.74) is -0.241. The lowest BCUT2D eigenvalue weighted by Gasteiger charge is -2.40. The second-order valence-corrected chi connectivity index (χ2v) is 9.93. The molecule has 0 bridgehead atoms. The Balaban J connectivity index is 1.32. The number of aliphatic hydroxyl groups is 3. The zero-order valence-electron chi connectivity index (χ0n) is 21.9. The summed E-state index contributed by atoms with van der Waals surface area (Å²) in [5.74, 6) is -5.43. The Kier molecular flexibility index (Phi) is 7.81. The van der Waals surface area contributed by atoms with Gasteiger partial charge in [-0.25, -0.2) is 4.79 Å². The summed E-state index contributed by atoms with van der Waals surface area (Å²) in [6.45, 7) is -0.697. The van der Waals surface area contributed by atoms with Crippen LogP contribution in [0, 0.1) is 0 Å². The molecule has 0 radical (unpaired) electrons. The van der Waals surface area contributed by atoms with E-state index < -0.39 is 78.2 Å². The van der Waals surface area contributed by atoms with Crippen LogP contribution in [0.3, 0.4) is 0 Å². The zero-order valence-corrected chi connectivity index (χ0v) is 21.9. The number of phenols is 6. The molecule has 6 unspecified atom stereocenters. The first-order valence-electron chi connectivity index (χ1n) is 12.7. The van der Waals surface area contributed by atoms with E-state index >= 15 is 0 Å². The van der Waals surface area contributed by atoms with Crippen molar-refractivity contribution in [1.29, 1.82) is 0 Å². The van der Waals surface area contributed by atoms with E-state index in [-0.39, 0.29) is 46.1 Å². The van der Waals surface area contributed by atoms with E-state index in [4.69, 9.17) is 18.9 Å². The van der Waals surface area contributed by atoms with Crippen LogP contribution in [0.1, 0.15) is 38.8 Å². The van der Waals surface area contributed by atoms with Crippen molar-refractivity contribution in [2.45, 2.75) is 43.2 Å². The van der Waals surface area contributed by atoms with Crippen LogP contribution < -0.4 is 9.47 Å². The van der Waals surface area contributed by atoms with Gasteiger partial charge in [-0.05, 0) is 24.3 Å². The normalized spacial score (nSPS) is 25.0. The molecule has 1 saturated heterocycles.